The van der Waals surface area contributed by atoms with Gasteiger partial charge in [0.15, 0.2) is 5.82 Å². The summed E-state index contributed by atoms with van der Waals surface area (Å²) < 4.78 is 19.0. The van der Waals surface area contributed by atoms with Crippen LogP contribution < -0.4 is 0 Å². The molecule has 1 N–H and O–H groups in total. The molecular formula is C19H18FN5O. The first-order chi connectivity index (χ1) is 12.7. The number of hydrogen-bond donors (Lipinski definition) is 1. The third-order valence-electron chi connectivity index (χ3n) is 4.08. The normalized spacial score (nSPS) is 11.5. The smallest absolute Gasteiger partial charge is 0.240 e. The molecule has 0 amide bonds. The highest BCUT2D eigenvalue weighted by molar-refractivity contribution is 5.74. The molecule has 2 heterocycles. The van der Waals surface area contributed by atoms with E-state index in [-0.39, 0.29) is 5.82 Å². The van der Waals surface area contributed by atoms with Crippen LogP contribution >= 0.6 is 0 Å². The largest absolute Gasteiger partial charge is 0.341 e. The van der Waals surface area contributed by atoms with Gasteiger partial charge in [-0.2, -0.15) is 4.98 Å². The Labute approximate surface area is 149 Å². The lowest BCUT2D eigenvalue weighted by atomic mass is 10.1. The maximum atomic E-state index is 13.7. The van der Waals surface area contributed by atoms with Gasteiger partial charge in [0.05, 0.1) is 24.1 Å². The molecule has 0 unspecified atom stereocenters. The lowest BCUT2D eigenvalue weighted by Gasteiger charge is -2.11. The van der Waals surface area contributed by atoms with Crippen molar-refractivity contribution in [3.05, 3.63) is 77.5 Å². The highest BCUT2D eigenvalue weighted by Gasteiger charge is 2.13. The van der Waals surface area contributed by atoms with Gasteiger partial charge in [0.25, 0.3) is 0 Å². The van der Waals surface area contributed by atoms with Crippen molar-refractivity contribution < 1.29 is 8.91 Å². The molecule has 7 heteroatoms. The lowest BCUT2D eigenvalue weighted by Crippen LogP contribution is -2.18. The van der Waals surface area contributed by atoms with Crippen LogP contribution in [0.4, 0.5) is 4.39 Å². The standard InChI is InChI=1S/C19H18FN5O/c1-25(11-18-21-15-8-4-5-9-16(15)22-18)12-19-23-17(24-26-19)10-13-6-2-3-7-14(13)20/h2-9H,10-12H2,1H3,(H,21,22). The molecule has 0 saturated heterocycles. The van der Waals surface area contributed by atoms with E-state index < -0.39 is 0 Å². The molecule has 2 aromatic heterocycles. The fraction of sp³-hybridized carbons (Fsp3) is 0.211. The Balaban J connectivity index is 1.39. The lowest BCUT2D eigenvalue weighted by molar-refractivity contribution is 0.256. The van der Waals surface area contributed by atoms with Gasteiger partial charge in [-0.05, 0) is 30.8 Å². The third-order valence-corrected chi connectivity index (χ3v) is 4.08. The molecule has 132 valence electrons. The highest BCUT2D eigenvalue weighted by atomic mass is 19.1. The number of halogens is 1. The van der Waals surface area contributed by atoms with Crippen LogP contribution in [0.2, 0.25) is 0 Å². The van der Waals surface area contributed by atoms with Gasteiger partial charge in [-0.3, -0.25) is 4.90 Å². The molecule has 4 aromatic rings. The summed E-state index contributed by atoms with van der Waals surface area (Å²) in [5.41, 5.74) is 2.51. The average Bonchev–Trinajstić information content (AvgIpc) is 3.22. The zero-order chi connectivity index (χ0) is 17.9. The maximum absolute atomic E-state index is 13.7. The first-order valence-corrected chi connectivity index (χ1v) is 8.34. The summed E-state index contributed by atoms with van der Waals surface area (Å²) in [7, 11) is 1.95. The molecule has 0 radical (unpaired) electrons. The van der Waals surface area contributed by atoms with Gasteiger partial charge >= 0.3 is 0 Å². The number of aromatic amines is 1. The van der Waals surface area contributed by atoms with Crippen LogP contribution in [-0.4, -0.2) is 32.1 Å². The quantitative estimate of drug-likeness (QED) is 0.577. The summed E-state index contributed by atoms with van der Waals surface area (Å²) in [6, 6.07) is 14.5. The molecule has 6 nitrogen and oxygen atoms in total. The van der Waals surface area contributed by atoms with E-state index in [9.17, 15) is 4.39 Å². The zero-order valence-corrected chi connectivity index (χ0v) is 14.3. The third kappa shape index (κ3) is 3.62. The van der Waals surface area contributed by atoms with E-state index >= 15 is 0 Å². The number of hydrogen-bond acceptors (Lipinski definition) is 5. The van der Waals surface area contributed by atoms with Crippen molar-refractivity contribution in [2.45, 2.75) is 19.5 Å². The summed E-state index contributed by atoms with van der Waals surface area (Å²) >= 11 is 0. The van der Waals surface area contributed by atoms with Gasteiger partial charge in [-0.1, -0.05) is 35.5 Å². The summed E-state index contributed by atoms with van der Waals surface area (Å²) in [5.74, 6) is 1.58. The number of nitrogens with one attached hydrogen (secondary N) is 1. The second kappa shape index (κ2) is 7.05. The Bertz CT molecular complexity index is 992. The number of H-pyrrole nitrogens is 1. The Morgan fingerprint density at radius 1 is 1.04 bits per heavy atom. The highest BCUT2D eigenvalue weighted by Crippen LogP contribution is 2.14. The number of benzene rings is 2. The van der Waals surface area contributed by atoms with Gasteiger partial charge in [-0.25, -0.2) is 9.37 Å². The SMILES string of the molecule is CN(Cc1nc2ccccc2[nH]1)Cc1nc(Cc2ccccc2F)no1. The Morgan fingerprint density at radius 3 is 2.69 bits per heavy atom. The van der Waals surface area contributed by atoms with E-state index in [4.69, 9.17) is 4.52 Å². The van der Waals surface area contributed by atoms with Crippen LogP contribution in [0.5, 0.6) is 0 Å². The topological polar surface area (TPSA) is 70.8 Å². The number of nitrogens with zero attached hydrogens (tertiary/aromatic N) is 4. The number of rotatable bonds is 6. The van der Waals surface area contributed by atoms with Gasteiger partial charge in [-0.15, -0.1) is 0 Å². The molecule has 0 aliphatic rings. The van der Waals surface area contributed by atoms with Crippen molar-refractivity contribution in [3.63, 3.8) is 0 Å². The van der Waals surface area contributed by atoms with Crippen molar-refractivity contribution in [2.75, 3.05) is 7.05 Å². The first kappa shape index (κ1) is 16.4. The van der Waals surface area contributed by atoms with Crippen molar-refractivity contribution in [3.8, 4) is 0 Å². The first-order valence-electron chi connectivity index (χ1n) is 8.34. The van der Waals surface area contributed by atoms with Crippen LogP contribution in [0, 0.1) is 5.82 Å². The van der Waals surface area contributed by atoms with Gasteiger partial charge < -0.3 is 9.51 Å². The molecule has 0 spiro atoms. The predicted molar refractivity (Wildman–Crippen MR) is 94.8 cm³/mol. The fourth-order valence-corrected chi connectivity index (χ4v) is 2.86. The molecule has 2 aromatic carbocycles. The van der Waals surface area contributed by atoms with Gasteiger partial charge in [0.1, 0.15) is 11.6 Å². The van der Waals surface area contributed by atoms with Gasteiger partial charge in [0, 0.05) is 6.42 Å². The predicted octanol–water partition coefficient (Wildman–Crippen LogP) is 3.31. The molecule has 0 aliphatic heterocycles. The van der Waals surface area contributed by atoms with Crippen molar-refractivity contribution in [1.29, 1.82) is 0 Å². The van der Waals surface area contributed by atoms with Crippen molar-refractivity contribution in [1.82, 2.24) is 25.0 Å². The maximum Gasteiger partial charge on any atom is 0.240 e. The summed E-state index contributed by atoms with van der Waals surface area (Å²) in [5, 5.41) is 3.94. The Morgan fingerprint density at radius 2 is 1.85 bits per heavy atom. The van der Waals surface area contributed by atoms with Crippen LogP contribution in [0.3, 0.4) is 0 Å². The van der Waals surface area contributed by atoms with E-state index in [2.05, 4.69) is 20.1 Å². The summed E-state index contributed by atoms with van der Waals surface area (Å²) in [4.78, 5) is 14.2. The van der Waals surface area contributed by atoms with E-state index in [0.29, 0.717) is 36.8 Å². The Kier molecular flexibility index (Phi) is 4.45. The molecular weight excluding hydrogens is 333 g/mol. The van der Waals surface area contributed by atoms with Crippen molar-refractivity contribution in [2.24, 2.45) is 0 Å². The molecule has 4 rings (SSSR count). The summed E-state index contributed by atoms with van der Waals surface area (Å²) in [6.45, 7) is 1.11. The molecule has 0 saturated carbocycles. The van der Waals surface area contributed by atoms with E-state index in [1.807, 2.05) is 36.2 Å². The van der Waals surface area contributed by atoms with Crippen LogP contribution in [-0.2, 0) is 19.5 Å². The van der Waals surface area contributed by atoms with E-state index in [1.165, 1.54) is 6.07 Å². The van der Waals surface area contributed by atoms with Crippen molar-refractivity contribution >= 4 is 11.0 Å². The Hall–Kier alpha value is -3.06. The molecule has 26 heavy (non-hydrogen) atoms. The minimum absolute atomic E-state index is 0.263. The number of para-hydroxylation sites is 2. The van der Waals surface area contributed by atoms with E-state index in [0.717, 1.165) is 16.9 Å². The molecule has 0 fully saturated rings. The fourth-order valence-electron chi connectivity index (χ4n) is 2.86. The summed E-state index contributed by atoms with van der Waals surface area (Å²) in [6.07, 6.45) is 0.309. The monoisotopic (exact) mass is 351 g/mol. The minimum atomic E-state index is -0.263. The molecule has 0 aliphatic carbocycles. The zero-order valence-electron chi connectivity index (χ0n) is 14.3. The van der Waals surface area contributed by atoms with Gasteiger partial charge in [0.2, 0.25) is 5.89 Å². The number of imidazole rings is 1. The van der Waals surface area contributed by atoms with Crippen LogP contribution in [0.1, 0.15) is 23.1 Å². The van der Waals surface area contributed by atoms with E-state index in [1.54, 1.807) is 18.2 Å². The minimum Gasteiger partial charge on any atom is -0.341 e. The average molecular weight is 351 g/mol. The molecule has 0 atom stereocenters. The molecule has 0 bridgehead atoms. The second-order valence-corrected chi connectivity index (χ2v) is 6.25. The van der Waals surface area contributed by atoms with Crippen LogP contribution in [0.25, 0.3) is 11.0 Å². The second-order valence-electron chi connectivity index (χ2n) is 6.25. The van der Waals surface area contributed by atoms with Crippen LogP contribution in [0.15, 0.2) is 53.1 Å². The number of aromatic nitrogens is 4. The number of fused-ring (bicyclic) bond motifs is 1.